The summed E-state index contributed by atoms with van der Waals surface area (Å²) in [5.74, 6) is -0.463. The van der Waals surface area contributed by atoms with Gasteiger partial charge in [0.05, 0.1) is 0 Å². The maximum Gasteiger partial charge on any atom is 0.323 e. The Kier molecular flexibility index (Phi) is 6.30. The number of hydrogen-bond donors (Lipinski definition) is 2. The smallest absolute Gasteiger partial charge is 0.323 e. The number of Topliss-reactive ketones (excluding diaryl/α,β-unsaturated/α-hetero) is 1. The summed E-state index contributed by atoms with van der Waals surface area (Å²) in [4.78, 5) is 24.2. The number of carbonyl (C=O) groups excluding carboxylic acids is 2. The summed E-state index contributed by atoms with van der Waals surface area (Å²) in [6, 6.07) is 8.74. The van der Waals surface area contributed by atoms with Gasteiger partial charge in [0.1, 0.15) is 12.6 Å². The van der Waals surface area contributed by atoms with Gasteiger partial charge in [-0.05, 0) is 37.7 Å². The number of benzene rings is 1. The summed E-state index contributed by atoms with van der Waals surface area (Å²) in [6.07, 6.45) is 3.21. The van der Waals surface area contributed by atoms with E-state index < -0.39 is 12.0 Å². The zero-order valence-corrected chi connectivity index (χ0v) is 13.6. The van der Waals surface area contributed by atoms with Gasteiger partial charge in [0, 0.05) is 12.0 Å². The molecule has 1 aliphatic carbocycles. The summed E-state index contributed by atoms with van der Waals surface area (Å²) in [6.45, 7) is 1.73. The maximum atomic E-state index is 12.3. The van der Waals surface area contributed by atoms with Crippen molar-refractivity contribution in [1.29, 1.82) is 0 Å². The average Bonchev–Trinajstić information content (AvgIpc) is 3.03. The highest BCUT2D eigenvalue weighted by molar-refractivity contribution is 5.86. The zero-order valence-electron chi connectivity index (χ0n) is 13.6. The van der Waals surface area contributed by atoms with E-state index in [2.05, 4.69) is 0 Å². The SMILES string of the molecule is CC(N)C1CCCC1C(=O)COC(=O)C(N)Cc1ccccc1. The standard InChI is InChI=1S/C18H26N2O3/c1-12(19)14-8-5-9-15(14)17(21)11-23-18(22)16(20)10-13-6-3-2-4-7-13/h2-4,6-7,12,14-16H,5,8-11,19-20H2,1H3. The lowest BCUT2D eigenvalue weighted by Crippen LogP contribution is -2.38. The van der Waals surface area contributed by atoms with Gasteiger partial charge >= 0.3 is 5.97 Å². The molecule has 5 nitrogen and oxygen atoms in total. The molecule has 4 N–H and O–H groups in total. The quantitative estimate of drug-likeness (QED) is 0.742. The zero-order chi connectivity index (χ0) is 16.8. The molecule has 23 heavy (non-hydrogen) atoms. The minimum Gasteiger partial charge on any atom is -0.457 e. The lowest BCUT2D eigenvalue weighted by Gasteiger charge is -2.22. The average molecular weight is 318 g/mol. The van der Waals surface area contributed by atoms with Crippen molar-refractivity contribution >= 4 is 11.8 Å². The molecule has 126 valence electrons. The molecule has 1 aliphatic rings. The Morgan fingerprint density at radius 3 is 2.57 bits per heavy atom. The van der Waals surface area contributed by atoms with E-state index in [0.29, 0.717) is 6.42 Å². The third-order valence-corrected chi connectivity index (χ3v) is 4.62. The van der Waals surface area contributed by atoms with E-state index in [4.69, 9.17) is 16.2 Å². The van der Waals surface area contributed by atoms with Crippen LogP contribution in [-0.4, -0.2) is 30.4 Å². The van der Waals surface area contributed by atoms with E-state index in [0.717, 1.165) is 24.8 Å². The van der Waals surface area contributed by atoms with Crippen LogP contribution in [0.1, 0.15) is 31.7 Å². The van der Waals surface area contributed by atoms with Gasteiger partial charge in [0.25, 0.3) is 0 Å². The molecule has 5 heteroatoms. The second-order valence-electron chi connectivity index (χ2n) is 6.43. The Morgan fingerprint density at radius 1 is 1.22 bits per heavy atom. The van der Waals surface area contributed by atoms with Gasteiger partial charge in [0.15, 0.2) is 5.78 Å². The van der Waals surface area contributed by atoms with E-state index in [-0.39, 0.29) is 30.3 Å². The molecule has 0 aliphatic heterocycles. The number of hydrogen-bond acceptors (Lipinski definition) is 5. The van der Waals surface area contributed by atoms with E-state index >= 15 is 0 Å². The van der Waals surface area contributed by atoms with Gasteiger partial charge in [-0.3, -0.25) is 9.59 Å². The molecule has 2 rings (SSSR count). The minimum atomic E-state index is -0.752. The number of rotatable bonds is 7. The largest absolute Gasteiger partial charge is 0.457 e. The molecule has 1 fully saturated rings. The van der Waals surface area contributed by atoms with Gasteiger partial charge in [-0.1, -0.05) is 36.8 Å². The summed E-state index contributed by atoms with van der Waals surface area (Å²) in [5, 5.41) is 0. The van der Waals surface area contributed by atoms with Gasteiger partial charge in [-0.2, -0.15) is 0 Å². The minimum absolute atomic E-state index is 0.0116. The van der Waals surface area contributed by atoms with E-state index in [9.17, 15) is 9.59 Å². The highest BCUT2D eigenvalue weighted by atomic mass is 16.5. The second kappa shape index (κ2) is 8.22. The first kappa shape index (κ1) is 17.6. The molecule has 0 radical (unpaired) electrons. The van der Waals surface area contributed by atoms with Crippen molar-refractivity contribution in [3.05, 3.63) is 35.9 Å². The molecule has 0 heterocycles. The predicted molar refractivity (Wildman–Crippen MR) is 88.6 cm³/mol. The Labute approximate surface area is 137 Å². The second-order valence-corrected chi connectivity index (χ2v) is 6.43. The van der Waals surface area contributed by atoms with Gasteiger partial charge in [-0.15, -0.1) is 0 Å². The highest BCUT2D eigenvalue weighted by Crippen LogP contribution is 2.34. The molecule has 0 spiro atoms. The highest BCUT2D eigenvalue weighted by Gasteiger charge is 2.35. The number of carbonyl (C=O) groups is 2. The summed E-state index contributed by atoms with van der Waals surface area (Å²) in [7, 11) is 0. The van der Waals surface area contributed by atoms with E-state index in [1.165, 1.54) is 0 Å². The molecule has 0 aromatic heterocycles. The van der Waals surface area contributed by atoms with Crippen molar-refractivity contribution < 1.29 is 14.3 Å². The number of nitrogens with two attached hydrogens (primary N) is 2. The van der Waals surface area contributed by atoms with Crippen molar-refractivity contribution in [2.24, 2.45) is 23.3 Å². The fourth-order valence-corrected chi connectivity index (χ4v) is 3.33. The fraction of sp³-hybridized carbons (Fsp3) is 0.556. The molecule has 1 aromatic carbocycles. The van der Waals surface area contributed by atoms with Gasteiger partial charge in [-0.25, -0.2) is 0 Å². The van der Waals surface area contributed by atoms with E-state index in [1.807, 2.05) is 37.3 Å². The fourth-order valence-electron chi connectivity index (χ4n) is 3.33. The maximum absolute atomic E-state index is 12.3. The normalized spacial score (nSPS) is 23.3. The Balaban J connectivity index is 1.80. The van der Waals surface area contributed by atoms with Crippen LogP contribution in [0.3, 0.4) is 0 Å². The van der Waals surface area contributed by atoms with Crippen molar-refractivity contribution in [3.63, 3.8) is 0 Å². The molecular formula is C18H26N2O3. The first-order valence-electron chi connectivity index (χ1n) is 8.23. The topological polar surface area (TPSA) is 95.4 Å². The lowest BCUT2D eigenvalue weighted by molar-refractivity contribution is -0.150. The van der Waals surface area contributed by atoms with Crippen LogP contribution in [0, 0.1) is 11.8 Å². The van der Waals surface area contributed by atoms with Crippen LogP contribution in [0.15, 0.2) is 30.3 Å². The molecule has 0 amide bonds. The van der Waals surface area contributed by atoms with Crippen LogP contribution in [0.5, 0.6) is 0 Å². The van der Waals surface area contributed by atoms with Crippen LogP contribution in [0.25, 0.3) is 0 Å². The van der Waals surface area contributed by atoms with Crippen molar-refractivity contribution in [2.45, 2.75) is 44.7 Å². The third-order valence-electron chi connectivity index (χ3n) is 4.62. The number of ether oxygens (including phenoxy) is 1. The Hall–Kier alpha value is -1.72. The number of ketones is 1. The molecule has 0 bridgehead atoms. The number of esters is 1. The molecule has 1 aromatic rings. The van der Waals surface area contributed by atoms with Crippen LogP contribution in [0.2, 0.25) is 0 Å². The van der Waals surface area contributed by atoms with E-state index in [1.54, 1.807) is 0 Å². The predicted octanol–water partition coefficient (Wildman–Crippen LogP) is 1.43. The molecule has 1 saturated carbocycles. The monoisotopic (exact) mass is 318 g/mol. The van der Waals surface area contributed by atoms with Gasteiger partial charge in [0.2, 0.25) is 0 Å². The molecule has 0 saturated heterocycles. The van der Waals surface area contributed by atoms with Crippen molar-refractivity contribution in [1.82, 2.24) is 0 Å². The van der Waals surface area contributed by atoms with Crippen LogP contribution in [-0.2, 0) is 20.7 Å². The van der Waals surface area contributed by atoms with Crippen molar-refractivity contribution in [2.75, 3.05) is 6.61 Å². The van der Waals surface area contributed by atoms with Gasteiger partial charge < -0.3 is 16.2 Å². The summed E-state index contributed by atoms with van der Waals surface area (Å²) >= 11 is 0. The first-order valence-corrected chi connectivity index (χ1v) is 8.23. The van der Waals surface area contributed by atoms with Crippen molar-refractivity contribution in [3.8, 4) is 0 Å². The third kappa shape index (κ3) is 4.88. The summed E-state index contributed by atoms with van der Waals surface area (Å²) in [5.41, 5.74) is 12.8. The first-order chi connectivity index (χ1) is 11.0. The van der Waals surface area contributed by atoms with Crippen LogP contribution in [0.4, 0.5) is 0 Å². The molecule has 4 unspecified atom stereocenters. The Morgan fingerprint density at radius 2 is 1.91 bits per heavy atom. The molecule has 4 atom stereocenters. The van der Waals surface area contributed by atoms with Crippen LogP contribution >= 0.6 is 0 Å². The Bertz CT molecular complexity index is 530. The lowest BCUT2D eigenvalue weighted by atomic mass is 9.87. The summed E-state index contributed by atoms with van der Waals surface area (Å²) < 4.78 is 5.12. The molecular weight excluding hydrogens is 292 g/mol. The van der Waals surface area contributed by atoms with Crippen LogP contribution < -0.4 is 11.5 Å².